The fourth-order valence-electron chi connectivity index (χ4n) is 2.27. The van der Waals surface area contributed by atoms with Crippen molar-refractivity contribution < 1.29 is 0 Å². The van der Waals surface area contributed by atoms with E-state index >= 15 is 0 Å². The van der Waals surface area contributed by atoms with Gasteiger partial charge in [0.15, 0.2) is 0 Å². The predicted octanol–water partition coefficient (Wildman–Crippen LogP) is 4.69. The van der Waals surface area contributed by atoms with Crippen molar-refractivity contribution in [1.82, 2.24) is 4.98 Å². The Morgan fingerprint density at radius 2 is 1.89 bits per heavy atom. The first-order chi connectivity index (χ1) is 9.24. The van der Waals surface area contributed by atoms with Gasteiger partial charge in [-0.15, -0.1) is 11.6 Å². The van der Waals surface area contributed by atoms with E-state index in [0.717, 1.165) is 30.6 Å². The molecule has 1 aromatic heterocycles. The van der Waals surface area contributed by atoms with Crippen LogP contribution >= 0.6 is 11.6 Å². The van der Waals surface area contributed by atoms with Crippen LogP contribution in [0.4, 0.5) is 5.69 Å². The molecule has 0 unspecified atom stereocenters. The molecule has 0 spiro atoms. The Balaban J connectivity index is 2.22. The van der Waals surface area contributed by atoms with Crippen molar-refractivity contribution in [2.45, 2.75) is 26.7 Å². The number of nitrogens with one attached hydrogen (secondary N) is 1. The number of benzene rings is 1. The minimum atomic E-state index is 0.173. The maximum atomic E-state index is 6.16. The number of pyridine rings is 1. The summed E-state index contributed by atoms with van der Waals surface area (Å²) in [5, 5.41) is 4.72. The third-order valence-electron chi connectivity index (χ3n) is 4.09. The first-order valence-corrected chi connectivity index (χ1v) is 7.41. The molecular formula is C16H21ClN2. The van der Waals surface area contributed by atoms with Crippen LogP contribution in [0.15, 0.2) is 36.5 Å². The summed E-state index contributed by atoms with van der Waals surface area (Å²) in [6.45, 7) is 5.31. The van der Waals surface area contributed by atoms with Gasteiger partial charge in [0, 0.05) is 35.1 Å². The van der Waals surface area contributed by atoms with Crippen LogP contribution in [0, 0.1) is 5.41 Å². The maximum Gasteiger partial charge on any atom is 0.0722 e. The van der Waals surface area contributed by atoms with Crippen molar-refractivity contribution in [2.24, 2.45) is 5.41 Å². The summed E-state index contributed by atoms with van der Waals surface area (Å²) in [6.07, 6.45) is 4.02. The molecule has 0 atom stereocenters. The number of fused-ring (bicyclic) bond motifs is 1. The molecule has 0 aliphatic heterocycles. The van der Waals surface area contributed by atoms with E-state index in [1.165, 1.54) is 5.39 Å². The zero-order valence-corrected chi connectivity index (χ0v) is 12.4. The third-order valence-corrected chi connectivity index (χ3v) is 4.65. The Kier molecular flexibility index (Phi) is 4.65. The van der Waals surface area contributed by atoms with E-state index in [1.807, 2.05) is 30.5 Å². The van der Waals surface area contributed by atoms with Crippen molar-refractivity contribution in [1.29, 1.82) is 0 Å². The summed E-state index contributed by atoms with van der Waals surface area (Å²) in [4.78, 5) is 4.38. The first-order valence-electron chi connectivity index (χ1n) is 6.88. The Labute approximate surface area is 120 Å². The van der Waals surface area contributed by atoms with E-state index in [-0.39, 0.29) is 5.41 Å². The molecule has 0 bridgehead atoms. The quantitative estimate of drug-likeness (QED) is 0.774. The number of para-hydroxylation sites is 1. The molecule has 102 valence electrons. The Bertz CT molecular complexity index is 522. The topological polar surface area (TPSA) is 24.9 Å². The van der Waals surface area contributed by atoms with E-state index in [0.29, 0.717) is 5.88 Å². The van der Waals surface area contributed by atoms with Gasteiger partial charge in [0.25, 0.3) is 0 Å². The number of hydrogen-bond donors (Lipinski definition) is 1. The van der Waals surface area contributed by atoms with E-state index in [2.05, 4.69) is 30.2 Å². The van der Waals surface area contributed by atoms with E-state index in [9.17, 15) is 0 Å². The summed E-state index contributed by atoms with van der Waals surface area (Å²) in [7, 11) is 0. The van der Waals surface area contributed by atoms with Gasteiger partial charge in [0.2, 0.25) is 0 Å². The second-order valence-electron chi connectivity index (χ2n) is 5.07. The summed E-state index contributed by atoms with van der Waals surface area (Å²) >= 11 is 6.16. The average Bonchev–Trinajstić information content (AvgIpc) is 2.49. The number of halogens is 1. The average molecular weight is 277 g/mol. The predicted molar refractivity (Wildman–Crippen MR) is 84.0 cm³/mol. The molecule has 0 saturated carbocycles. The lowest BCUT2D eigenvalue weighted by Crippen LogP contribution is -2.30. The van der Waals surface area contributed by atoms with Crippen molar-refractivity contribution >= 4 is 28.2 Å². The van der Waals surface area contributed by atoms with E-state index in [1.54, 1.807) is 0 Å². The number of anilines is 1. The van der Waals surface area contributed by atoms with Gasteiger partial charge in [-0.1, -0.05) is 32.0 Å². The van der Waals surface area contributed by atoms with Gasteiger partial charge < -0.3 is 5.32 Å². The molecule has 2 nitrogen and oxygen atoms in total. The highest BCUT2D eigenvalue weighted by Crippen LogP contribution is 2.29. The van der Waals surface area contributed by atoms with Crippen LogP contribution in [0.5, 0.6) is 0 Å². The van der Waals surface area contributed by atoms with Gasteiger partial charge in [-0.3, -0.25) is 4.98 Å². The second kappa shape index (κ2) is 6.25. The lowest BCUT2D eigenvalue weighted by Gasteiger charge is -2.30. The van der Waals surface area contributed by atoms with Crippen LogP contribution in [-0.2, 0) is 0 Å². The molecule has 0 aliphatic carbocycles. The van der Waals surface area contributed by atoms with Crippen LogP contribution in [0.2, 0.25) is 0 Å². The fraction of sp³-hybridized carbons (Fsp3) is 0.438. The van der Waals surface area contributed by atoms with Crippen molar-refractivity contribution in [3.8, 4) is 0 Å². The number of hydrogen-bond acceptors (Lipinski definition) is 2. The zero-order chi connectivity index (χ0) is 13.7. The molecule has 2 rings (SSSR count). The Morgan fingerprint density at radius 3 is 2.58 bits per heavy atom. The lowest BCUT2D eigenvalue weighted by atomic mass is 9.84. The minimum Gasteiger partial charge on any atom is -0.384 e. The highest BCUT2D eigenvalue weighted by atomic mass is 35.5. The van der Waals surface area contributed by atoms with E-state index in [4.69, 9.17) is 11.6 Å². The number of alkyl halides is 1. The normalized spacial score (nSPS) is 11.7. The molecule has 19 heavy (non-hydrogen) atoms. The molecule has 1 heterocycles. The van der Waals surface area contributed by atoms with Crippen LogP contribution in [-0.4, -0.2) is 17.4 Å². The summed E-state index contributed by atoms with van der Waals surface area (Å²) in [6, 6.07) is 10.2. The summed E-state index contributed by atoms with van der Waals surface area (Å²) in [5.74, 6) is 0.690. The highest BCUT2D eigenvalue weighted by molar-refractivity contribution is 6.18. The van der Waals surface area contributed by atoms with Crippen molar-refractivity contribution in [3.05, 3.63) is 36.5 Å². The fourth-order valence-corrected chi connectivity index (χ4v) is 2.74. The molecule has 1 aromatic carbocycles. The smallest absolute Gasteiger partial charge is 0.0722 e. The van der Waals surface area contributed by atoms with Crippen LogP contribution in [0.3, 0.4) is 0 Å². The van der Waals surface area contributed by atoms with Crippen LogP contribution in [0.1, 0.15) is 26.7 Å². The summed E-state index contributed by atoms with van der Waals surface area (Å²) < 4.78 is 0. The molecule has 3 heteroatoms. The van der Waals surface area contributed by atoms with Crippen molar-refractivity contribution in [2.75, 3.05) is 17.7 Å². The van der Waals surface area contributed by atoms with Gasteiger partial charge in [-0.25, -0.2) is 0 Å². The first kappa shape index (κ1) is 14.1. The number of nitrogens with zero attached hydrogens (tertiary/aromatic N) is 1. The Hall–Kier alpha value is -1.28. The molecule has 0 radical (unpaired) electrons. The van der Waals surface area contributed by atoms with Crippen LogP contribution < -0.4 is 5.32 Å². The van der Waals surface area contributed by atoms with Crippen LogP contribution in [0.25, 0.3) is 10.9 Å². The molecule has 0 aliphatic rings. The Morgan fingerprint density at radius 1 is 1.16 bits per heavy atom. The molecule has 0 fully saturated rings. The van der Waals surface area contributed by atoms with Gasteiger partial charge in [0.1, 0.15) is 0 Å². The largest absolute Gasteiger partial charge is 0.384 e. The van der Waals surface area contributed by atoms with Gasteiger partial charge in [-0.05, 0) is 25.0 Å². The molecule has 1 N–H and O–H groups in total. The lowest BCUT2D eigenvalue weighted by molar-refractivity contribution is 0.327. The third kappa shape index (κ3) is 3.01. The van der Waals surface area contributed by atoms with Gasteiger partial charge in [0.05, 0.1) is 5.52 Å². The maximum absolute atomic E-state index is 6.16. The highest BCUT2D eigenvalue weighted by Gasteiger charge is 2.24. The van der Waals surface area contributed by atoms with Gasteiger partial charge in [-0.2, -0.15) is 0 Å². The monoisotopic (exact) mass is 276 g/mol. The standard InChI is InChI=1S/C16H21ClN2/c1-3-16(4-2,11-17)12-19-15-9-10-18-14-8-6-5-7-13(14)15/h5-10H,3-4,11-12H2,1-2H3,(H,18,19). The van der Waals surface area contributed by atoms with E-state index < -0.39 is 0 Å². The SMILES string of the molecule is CCC(CC)(CCl)CNc1ccnc2ccccc12. The number of rotatable bonds is 6. The zero-order valence-electron chi connectivity index (χ0n) is 11.6. The molecule has 2 aromatic rings. The number of aromatic nitrogens is 1. The van der Waals surface area contributed by atoms with Crippen molar-refractivity contribution in [3.63, 3.8) is 0 Å². The minimum absolute atomic E-state index is 0.173. The summed E-state index contributed by atoms with van der Waals surface area (Å²) in [5.41, 5.74) is 2.34. The second-order valence-corrected chi connectivity index (χ2v) is 5.34. The molecule has 0 saturated heterocycles. The van der Waals surface area contributed by atoms with Gasteiger partial charge >= 0.3 is 0 Å². The molecule has 0 amide bonds. The molecular weight excluding hydrogens is 256 g/mol.